The monoisotopic (exact) mass is 366 g/mol. The maximum atomic E-state index is 12.4. The number of anilines is 3. The predicted molar refractivity (Wildman–Crippen MR) is 105 cm³/mol. The fourth-order valence-corrected chi connectivity index (χ4v) is 2.64. The van der Waals surface area contributed by atoms with Gasteiger partial charge in [0, 0.05) is 28.8 Å². The molecule has 0 spiro atoms. The van der Waals surface area contributed by atoms with Crippen LogP contribution in [0.25, 0.3) is 0 Å². The van der Waals surface area contributed by atoms with Gasteiger partial charge in [0.05, 0.1) is 5.56 Å². The van der Waals surface area contributed by atoms with Gasteiger partial charge in [0.1, 0.15) is 0 Å². The first-order valence-electron chi connectivity index (χ1n) is 8.16. The summed E-state index contributed by atoms with van der Waals surface area (Å²) in [4.78, 5) is 20.8. The summed E-state index contributed by atoms with van der Waals surface area (Å²) in [6.07, 6.45) is 2.98. The van der Waals surface area contributed by atoms with E-state index >= 15 is 0 Å². The van der Waals surface area contributed by atoms with Crippen LogP contribution < -0.4 is 10.6 Å². The van der Waals surface area contributed by atoms with Crippen LogP contribution in [0.5, 0.6) is 0 Å². The van der Waals surface area contributed by atoms with Gasteiger partial charge in [0.2, 0.25) is 5.95 Å². The maximum absolute atomic E-state index is 12.4. The minimum absolute atomic E-state index is 0.248. The molecule has 0 bridgehead atoms. The molecule has 6 heteroatoms. The van der Waals surface area contributed by atoms with E-state index in [0.717, 1.165) is 28.1 Å². The molecular weight excluding hydrogens is 348 g/mol. The second-order valence-electron chi connectivity index (χ2n) is 6.16. The van der Waals surface area contributed by atoms with Crippen LogP contribution in [0.15, 0.2) is 48.8 Å². The Balaban J connectivity index is 1.70. The molecule has 0 aliphatic carbocycles. The zero-order valence-corrected chi connectivity index (χ0v) is 15.6. The summed E-state index contributed by atoms with van der Waals surface area (Å²) in [5, 5.41) is 6.61. The summed E-state index contributed by atoms with van der Waals surface area (Å²) in [7, 11) is 0. The van der Waals surface area contributed by atoms with Crippen molar-refractivity contribution in [3.8, 4) is 0 Å². The van der Waals surface area contributed by atoms with E-state index in [0.29, 0.717) is 16.5 Å². The zero-order chi connectivity index (χ0) is 18.7. The van der Waals surface area contributed by atoms with Crippen LogP contribution in [0, 0.1) is 20.8 Å². The van der Waals surface area contributed by atoms with Crippen molar-refractivity contribution in [2.75, 3.05) is 10.6 Å². The van der Waals surface area contributed by atoms with Crippen molar-refractivity contribution in [2.24, 2.45) is 0 Å². The van der Waals surface area contributed by atoms with E-state index in [-0.39, 0.29) is 5.91 Å². The molecule has 0 aliphatic heterocycles. The third-order valence-electron chi connectivity index (χ3n) is 3.97. The van der Waals surface area contributed by atoms with Crippen LogP contribution in [-0.4, -0.2) is 15.9 Å². The first-order chi connectivity index (χ1) is 12.4. The number of nitrogens with zero attached hydrogens (tertiary/aromatic N) is 2. The number of halogens is 1. The molecule has 0 radical (unpaired) electrons. The zero-order valence-electron chi connectivity index (χ0n) is 14.8. The van der Waals surface area contributed by atoms with E-state index < -0.39 is 0 Å². The number of benzene rings is 2. The standard InChI is InChI=1S/C20H19ClN4O/c1-12-4-7-18(14(3)8-12)25-19(26)15-10-22-20(23-11-15)24-16-6-5-13(2)17(21)9-16/h4-11H,1-3H3,(H,25,26)(H,22,23,24). The summed E-state index contributed by atoms with van der Waals surface area (Å²) < 4.78 is 0. The molecule has 0 atom stereocenters. The fourth-order valence-electron chi connectivity index (χ4n) is 2.46. The number of carbonyl (C=O) groups is 1. The summed E-state index contributed by atoms with van der Waals surface area (Å²) in [6, 6.07) is 11.5. The van der Waals surface area contributed by atoms with Crippen molar-refractivity contribution in [1.82, 2.24) is 9.97 Å². The molecule has 1 amide bonds. The molecule has 3 rings (SSSR count). The third kappa shape index (κ3) is 4.18. The number of carbonyl (C=O) groups excluding carboxylic acids is 1. The molecule has 0 fully saturated rings. The molecule has 0 unspecified atom stereocenters. The highest BCUT2D eigenvalue weighted by Crippen LogP contribution is 2.22. The maximum Gasteiger partial charge on any atom is 0.258 e. The Hall–Kier alpha value is -2.92. The highest BCUT2D eigenvalue weighted by molar-refractivity contribution is 6.31. The molecule has 0 saturated heterocycles. The van der Waals surface area contributed by atoms with Crippen LogP contribution in [0.1, 0.15) is 27.0 Å². The minimum atomic E-state index is -0.248. The second-order valence-corrected chi connectivity index (χ2v) is 6.56. The van der Waals surface area contributed by atoms with Crippen molar-refractivity contribution >= 4 is 34.8 Å². The van der Waals surface area contributed by atoms with Crippen molar-refractivity contribution in [3.05, 3.63) is 76.1 Å². The molecule has 2 N–H and O–H groups in total. The summed E-state index contributed by atoms with van der Waals surface area (Å²) in [5.41, 5.74) is 5.10. The molecular formula is C20H19ClN4O. The van der Waals surface area contributed by atoms with Crippen LogP contribution in [0.4, 0.5) is 17.3 Å². The number of aromatic nitrogens is 2. The van der Waals surface area contributed by atoms with Gasteiger partial charge in [-0.1, -0.05) is 35.4 Å². The lowest BCUT2D eigenvalue weighted by Gasteiger charge is -2.10. The first-order valence-corrected chi connectivity index (χ1v) is 8.54. The Morgan fingerprint density at radius 1 is 0.962 bits per heavy atom. The van der Waals surface area contributed by atoms with Gasteiger partial charge in [-0.2, -0.15) is 0 Å². The Kier molecular flexibility index (Phi) is 5.19. The van der Waals surface area contributed by atoms with E-state index in [1.54, 1.807) is 6.07 Å². The molecule has 132 valence electrons. The number of aryl methyl sites for hydroxylation is 3. The Bertz CT molecular complexity index is 955. The SMILES string of the molecule is Cc1ccc(NC(=O)c2cnc(Nc3ccc(C)c(Cl)c3)nc2)c(C)c1. The highest BCUT2D eigenvalue weighted by atomic mass is 35.5. The first kappa shape index (κ1) is 17.9. The van der Waals surface area contributed by atoms with Gasteiger partial charge in [0.25, 0.3) is 5.91 Å². The summed E-state index contributed by atoms with van der Waals surface area (Å²) in [6.45, 7) is 5.91. The van der Waals surface area contributed by atoms with Gasteiger partial charge >= 0.3 is 0 Å². The van der Waals surface area contributed by atoms with Gasteiger partial charge in [0.15, 0.2) is 0 Å². The number of rotatable bonds is 4. The summed E-state index contributed by atoms with van der Waals surface area (Å²) >= 11 is 6.11. The molecule has 1 heterocycles. The Labute approximate surface area is 157 Å². The average Bonchev–Trinajstić information content (AvgIpc) is 2.61. The Morgan fingerprint density at radius 2 is 1.69 bits per heavy atom. The lowest BCUT2D eigenvalue weighted by Crippen LogP contribution is -2.14. The molecule has 5 nitrogen and oxygen atoms in total. The van der Waals surface area contributed by atoms with Gasteiger partial charge < -0.3 is 10.6 Å². The number of amides is 1. The van der Waals surface area contributed by atoms with Gasteiger partial charge in [-0.3, -0.25) is 4.79 Å². The highest BCUT2D eigenvalue weighted by Gasteiger charge is 2.09. The quantitative estimate of drug-likeness (QED) is 0.678. The number of hydrogen-bond acceptors (Lipinski definition) is 4. The molecule has 2 aromatic carbocycles. The van der Waals surface area contributed by atoms with Crippen LogP contribution in [-0.2, 0) is 0 Å². The van der Waals surface area contributed by atoms with Gasteiger partial charge in [-0.15, -0.1) is 0 Å². The van der Waals surface area contributed by atoms with Crippen molar-refractivity contribution in [2.45, 2.75) is 20.8 Å². The van der Waals surface area contributed by atoms with E-state index in [1.165, 1.54) is 12.4 Å². The molecule has 1 aromatic heterocycles. The van der Waals surface area contributed by atoms with Crippen molar-refractivity contribution < 1.29 is 4.79 Å². The number of hydrogen-bond donors (Lipinski definition) is 2. The number of nitrogens with one attached hydrogen (secondary N) is 2. The lowest BCUT2D eigenvalue weighted by atomic mass is 10.1. The van der Waals surface area contributed by atoms with Crippen LogP contribution in [0.3, 0.4) is 0 Å². The van der Waals surface area contributed by atoms with Gasteiger partial charge in [-0.05, 0) is 50.1 Å². The van der Waals surface area contributed by atoms with Crippen molar-refractivity contribution in [3.63, 3.8) is 0 Å². The molecule has 0 saturated carbocycles. The van der Waals surface area contributed by atoms with E-state index in [2.05, 4.69) is 20.6 Å². The molecule has 26 heavy (non-hydrogen) atoms. The van der Waals surface area contributed by atoms with Crippen LogP contribution >= 0.6 is 11.6 Å². The van der Waals surface area contributed by atoms with Crippen molar-refractivity contribution in [1.29, 1.82) is 0 Å². The van der Waals surface area contributed by atoms with E-state index in [9.17, 15) is 4.79 Å². The second kappa shape index (κ2) is 7.54. The lowest BCUT2D eigenvalue weighted by molar-refractivity contribution is 0.102. The Morgan fingerprint density at radius 3 is 2.35 bits per heavy atom. The van der Waals surface area contributed by atoms with Crippen LogP contribution in [0.2, 0.25) is 5.02 Å². The smallest absolute Gasteiger partial charge is 0.258 e. The predicted octanol–water partition coefficient (Wildman–Crippen LogP) is 5.05. The third-order valence-corrected chi connectivity index (χ3v) is 4.38. The van der Waals surface area contributed by atoms with E-state index in [4.69, 9.17) is 11.6 Å². The molecule has 0 aliphatic rings. The largest absolute Gasteiger partial charge is 0.324 e. The average molecular weight is 367 g/mol. The fraction of sp³-hybridized carbons (Fsp3) is 0.150. The molecule has 3 aromatic rings. The normalized spacial score (nSPS) is 10.5. The topological polar surface area (TPSA) is 66.9 Å². The van der Waals surface area contributed by atoms with Gasteiger partial charge in [-0.25, -0.2) is 9.97 Å². The van der Waals surface area contributed by atoms with E-state index in [1.807, 2.05) is 51.1 Å². The minimum Gasteiger partial charge on any atom is -0.324 e. The summed E-state index contributed by atoms with van der Waals surface area (Å²) in [5.74, 6) is 0.148.